The number of rotatable bonds is 4. The summed E-state index contributed by atoms with van der Waals surface area (Å²) in [4.78, 5) is 15.2. The highest BCUT2D eigenvalue weighted by Gasteiger charge is 2.36. The van der Waals surface area contributed by atoms with Crippen molar-refractivity contribution in [2.45, 2.75) is 58.9 Å². The van der Waals surface area contributed by atoms with Crippen LogP contribution in [-0.4, -0.2) is 10.7 Å². The monoisotopic (exact) mass is 323 g/mol. The second-order valence-corrected chi connectivity index (χ2v) is 7.44. The van der Waals surface area contributed by atoms with E-state index >= 15 is 0 Å². The van der Waals surface area contributed by atoms with Crippen molar-refractivity contribution in [1.29, 1.82) is 0 Å². The van der Waals surface area contributed by atoms with Crippen LogP contribution >= 0.6 is 0 Å². The van der Waals surface area contributed by atoms with Crippen molar-refractivity contribution in [3.63, 3.8) is 0 Å². The van der Waals surface area contributed by atoms with Gasteiger partial charge >= 0.3 is 0 Å². The third-order valence-electron chi connectivity index (χ3n) is 5.88. The molecular formula is C22H29NO. The highest BCUT2D eigenvalue weighted by Crippen LogP contribution is 2.45. The van der Waals surface area contributed by atoms with Crippen LogP contribution in [0, 0.1) is 18.8 Å². The van der Waals surface area contributed by atoms with Crippen molar-refractivity contribution in [1.82, 2.24) is 4.90 Å². The Hall–Kier alpha value is -1.83. The number of aryl methyl sites for hydroxylation is 1. The Bertz CT molecular complexity index is 665. The SMILES string of the molecule is C=CN1/C(=C\C)c2cccc(C)c2C1CC(=O)C1CCC(C)CC1. The van der Waals surface area contributed by atoms with E-state index in [9.17, 15) is 4.79 Å². The van der Waals surface area contributed by atoms with Crippen LogP contribution in [-0.2, 0) is 4.79 Å². The number of nitrogens with zero attached hydrogens (tertiary/aromatic N) is 1. The molecule has 0 N–H and O–H groups in total. The van der Waals surface area contributed by atoms with Crippen LogP contribution in [0.15, 0.2) is 37.1 Å². The van der Waals surface area contributed by atoms with E-state index in [0.29, 0.717) is 12.2 Å². The highest BCUT2D eigenvalue weighted by atomic mass is 16.1. The Morgan fingerprint density at radius 1 is 1.29 bits per heavy atom. The molecular weight excluding hydrogens is 294 g/mol. The largest absolute Gasteiger partial charge is 0.340 e. The molecule has 1 atom stereocenters. The molecule has 1 fully saturated rings. The van der Waals surface area contributed by atoms with Gasteiger partial charge in [-0.15, -0.1) is 0 Å². The van der Waals surface area contributed by atoms with Gasteiger partial charge in [-0.2, -0.15) is 0 Å². The van der Waals surface area contributed by atoms with Crippen molar-refractivity contribution in [3.05, 3.63) is 53.7 Å². The van der Waals surface area contributed by atoms with Gasteiger partial charge in [0, 0.05) is 23.6 Å². The molecule has 0 aromatic heterocycles. The first-order valence-corrected chi connectivity index (χ1v) is 9.26. The maximum Gasteiger partial charge on any atom is 0.138 e. The van der Waals surface area contributed by atoms with Crippen LogP contribution in [0.5, 0.6) is 0 Å². The van der Waals surface area contributed by atoms with Crippen LogP contribution in [0.2, 0.25) is 0 Å². The van der Waals surface area contributed by atoms with E-state index in [1.54, 1.807) is 0 Å². The first-order valence-electron chi connectivity index (χ1n) is 9.26. The molecule has 0 spiro atoms. The lowest BCUT2D eigenvalue weighted by molar-refractivity contribution is -0.124. The number of carbonyl (C=O) groups excluding carboxylic acids is 1. The molecule has 24 heavy (non-hydrogen) atoms. The number of benzene rings is 1. The zero-order chi connectivity index (χ0) is 17.3. The number of fused-ring (bicyclic) bond motifs is 1. The average molecular weight is 323 g/mol. The number of hydrogen-bond acceptors (Lipinski definition) is 2. The third kappa shape index (κ3) is 2.94. The Kier molecular flexibility index (Phi) is 4.93. The quantitative estimate of drug-likeness (QED) is 0.714. The van der Waals surface area contributed by atoms with Crippen LogP contribution in [0.1, 0.15) is 68.7 Å². The molecule has 1 aromatic carbocycles. The van der Waals surface area contributed by atoms with Crippen LogP contribution in [0.25, 0.3) is 5.70 Å². The average Bonchev–Trinajstić information content (AvgIpc) is 2.89. The highest BCUT2D eigenvalue weighted by molar-refractivity contribution is 5.84. The fourth-order valence-electron chi connectivity index (χ4n) is 4.46. The standard InChI is InChI=1S/C22H29NO/c1-5-19-18-9-7-8-16(4)22(18)20(23(19)6-2)14-21(24)17-12-10-15(3)11-13-17/h5-9,15,17,20H,2,10-14H2,1,3-4H3/b19-5-. The van der Waals surface area contributed by atoms with Crippen molar-refractivity contribution >= 4 is 11.5 Å². The summed E-state index contributed by atoms with van der Waals surface area (Å²) in [6, 6.07) is 6.53. The van der Waals surface area contributed by atoms with E-state index in [4.69, 9.17) is 0 Å². The van der Waals surface area contributed by atoms with Gasteiger partial charge in [0.05, 0.1) is 6.04 Å². The van der Waals surface area contributed by atoms with Crippen molar-refractivity contribution < 1.29 is 4.79 Å². The summed E-state index contributed by atoms with van der Waals surface area (Å²) in [5.74, 6) is 1.48. The molecule has 0 radical (unpaired) electrons. The maximum atomic E-state index is 13.0. The lowest BCUT2D eigenvalue weighted by Crippen LogP contribution is -2.25. The summed E-state index contributed by atoms with van der Waals surface area (Å²) in [7, 11) is 0. The summed E-state index contributed by atoms with van der Waals surface area (Å²) < 4.78 is 0. The van der Waals surface area contributed by atoms with Crippen LogP contribution < -0.4 is 0 Å². The number of ketones is 1. The summed E-state index contributed by atoms with van der Waals surface area (Å²) >= 11 is 0. The smallest absolute Gasteiger partial charge is 0.138 e. The zero-order valence-corrected chi connectivity index (χ0v) is 15.2. The Balaban J connectivity index is 1.87. The molecule has 0 bridgehead atoms. The van der Waals surface area contributed by atoms with Gasteiger partial charge in [0.25, 0.3) is 0 Å². The molecule has 1 heterocycles. The fourth-order valence-corrected chi connectivity index (χ4v) is 4.46. The van der Waals surface area contributed by atoms with Gasteiger partial charge in [-0.25, -0.2) is 0 Å². The molecule has 2 nitrogen and oxygen atoms in total. The van der Waals surface area contributed by atoms with Gasteiger partial charge in [-0.05, 0) is 49.9 Å². The predicted octanol–water partition coefficient (Wildman–Crippen LogP) is 5.64. The van der Waals surface area contributed by atoms with Gasteiger partial charge in [0.1, 0.15) is 5.78 Å². The minimum Gasteiger partial charge on any atom is -0.340 e. The minimum absolute atomic E-state index is 0.108. The van der Waals surface area contributed by atoms with E-state index in [1.807, 2.05) is 6.20 Å². The topological polar surface area (TPSA) is 20.3 Å². The van der Waals surface area contributed by atoms with Gasteiger partial charge in [-0.3, -0.25) is 4.79 Å². The molecule has 128 valence electrons. The summed E-state index contributed by atoms with van der Waals surface area (Å²) in [5, 5.41) is 0. The van der Waals surface area contributed by atoms with Gasteiger partial charge in [-0.1, -0.05) is 50.6 Å². The van der Waals surface area contributed by atoms with Gasteiger partial charge in [0.15, 0.2) is 0 Å². The van der Waals surface area contributed by atoms with Crippen LogP contribution in [0.4, 0.5) is 0 Å². The zero-order valence-electron chi connectivity index (χ0n) is 15.2. The summed E-state index contributed by atoms with van der Waals surface area (Å²) in [6.45, 7) is 10.5. The molecule has 3 rings (SSSR count). The maximum absolute atomic E-state index is 13.0. The van der Waals surface area contributed by atoms with Crippen molar-refractivity contribution in [3.8, 4) is 0 Å². The molecule has 1 unspecified atom stereocenters. The molecule has 1 saturated carbocycles. The molecule has 1 aliphatic carbocycles. The molecule has 2 aliphatic rings. The number of Topliss-reactive ketones (excluding diaryl/α,β-unsaturated/α-hetero) is 1. The summed E-state index contributed by atoms with van der Waals surface area (Å²) in [5.41, 5.74) is 5.01. The summed E-state index contributed by atoms with van der Waals surface area (Å²) in [6.07, 6.45) is 9.14. The van der Waals surface area contributed by atoms with E-state index in [0.717, 1.165) is 18.8 Å². The third-order valence-corrected chi connectivity index (χ3v) is 5.88. The Morgan fingerprint density at radius 3 is 2.62 bits per heavy atom. The number of carbonyl (C=O) groups is 1. The van der Waals surface area contributed by atoms with E-state index in [2.05, 4.69) is 56.5 Å². The lowest BCUT2D eigenvalue weighted by atomic mass is 9.79. The second kappa shape index (κ2) is 6.96. The molecule has 2 heteroatoms. The van der Waals surface area contributed by atoms with Crippen LogP contribution in [0.3, 0.4) is 0 Å². The van der Waals surface area contributed by atoms with Crippen molar-refractivity contribution in [2.75, 3.05) is 0 Å². The number of allylic oxidation sites excluding steroid dienone is 1. The van der Waals surface area contributed by atoms with Gasteiger partial charge < -0.3 is 4.90 Å². The molecule has 0 saturated heterocycles. The van der Waals surface area contributed by atoms with E-state index in [1.165, 1.54) is 35.2 Å². The van der Waals surface area contributed by atoms with E-state index < -0.39 is 0 Å². The molecule has 1 aromatic rings. The first kappa shape index (κ1) is 17.0. The first-order chi connectivity index (χ1) is 11.6. The van der Waals surface area contributed by atoms with E-state index in [-0.39, 0.29) is 12.0 Å². The molecule has 0 amide bonds. The second-order valence-electron chi connectivity index (χ2n) is 7.44. The Labute approximate surface area is 146 Å². The lowest BCUT2D eigenvalue weighted by Gasteiger charge is -2.29. The molecule has 1 aliphatic heterocycles. The Morgan fingerprint density at radius 2 is 2.00 bits per heavy atom. The van der Waals surface area contributed by atoms with Crippen molar-refractivity contribution in [2.24, 2.45) is 11.8 Å². The van der Waals surface area contributed by atoms with Gasteiger partial charge in [0.2, 0.25) is 0 Å². The minimum atomic E-state index is 0.108. The number of hydrogen-bond donors (Lipinski definition) is 0. The fraction of sp³-hybridized carbons (Fsp3) is 0.500. The predicted molar refractivity (Wildman–Crippen MR) is 100 cm³/mol. The normalized spacial score (nSPS) is 28.0.